The second-order valence-electron chi connectivity index (χ2n) is 5.41. The van der Waals surface area contributed by atoms with Crippen LogP contribution < -0.4 is 10.1 Å². The summed E-state index contributed by atoms with van der Waals surface area (Å²) in [5, 5.41) is 14.6. The lowest BCUT2D eigenvalue weighted by Gasteiger charge is -2.17. The Morgan fingerprint density at radius 3 is 2.68 bits per heavy atom. The molecule has 0 spiro atoms. The molecule has 1 amide bonds. The van der Waals surface area contributed by atoms with Gasteiger partial charge in [0.2, 0.25) is 0 Å². The lowest BCUT2D eigenvalue weighted by atomic mass is 10.1. The van der Waals surface area contributed by atoms with Crippen molar-refractivity contribution < 1.29 is 9.53 Å². The zero-order chi connectivity index (χ0) is 17.8. The summed E-state index contributed by atoms with van der Waals surface area (Å²) in [6.45, 7) is 3.57. The van der Waals surface area contributed by atoms with E-state index in [0.29, 0.717) is 16.5 Å². The van der Waals surface area contributed by atoms with Crippen molar-refractivity contribution >= 4 is 23.2 Å². The van der Waals surface area contributed by atoms with Gasteiger partial charge in [-0.25, -0.2) is 4.68 Å². The molecule has 0 fully saturated rings. The second kappa shape index (κ2) is 7.31. The summed E-state index contributed by atoms with van der Waals surface area (Å²) in [4.78, 5) is 12.4. The molecular formula is C17H16ClN5O2. The number of nitrogens with zero attached hydrogens (tertiary/aromatic N) is 4. The zero-order valence-corrected chi connectivity index (χ0v) is 14.4. The fraction of sp³-hybridized carbons (Fsp3) is 0.176. The molecule has 0 bridgehead atoms. The van der Waals surface area contributed by atoms with Crippen molar-refractivity contribution in [1.29, 1.82) is 0 Å². The molecule has 3 rings (SSSR count). The first kappa shape index (κ1) is 16.9. The van der Waals surface area contributed by atoms with Crippen molar-refractivity contribution in [2.24, 2.45) is 0 Å². The number of tetrazole rings is 1. The number of aromatic nitrogens is 4. The average Bonchev–Trinajstić information content (AvgIpc) is 3.13. The molecule has 7 nitrogen and oxygen atoms in total. The van der Waals surface area contributed by atoms with Gasteiger partial charge in [0, 0.05) is 10.7 Å². The van der Waals surface area contributed by atoms with Crippen molar-refractivity contribution in [2.75, 3.05) is 5.32 Å². The van der Waals surface area contributed by atoms with Crippen LogP contribution in [-0.2, 0) is 4.79 Å². The Hall–Kier alpha value is -2.93. The smallest absolute Gasteiger partial charge is 0.265 e. The van der Waals surface area contributed by atoms with Gasteiger partial charge in [-0.15, -0.1) is 5.10 Å². The monoisotopic (exact) mass is 357 g/mol. The number of rotatable bonds is 5. The summed E-state index contributed by atoms with van der Waals surface area (Å²) in [5.41, 5.74) is 2.31. The number of ether oxygens (including phenoxy) is 1. The fourth-order valence-electron chi connectivity index (χ4n) is 2.28. The molecule has 1 unspecified atom stereocenters. The van der Waals surface area contributed by atoms with Gasteiger partial charge in [0.25, 0.3) is 5.91 Å². The minimum absolute atomic E-state index is 0.257. The van der Waals surface area contributed by atoms with Gasteiger partial charge in [-0.3, -0.25) is 4.79 Å². The fourth-order valence-corrected chi connectivity index (χ4v) is 2.41. The molecule has 0 aliphatic rings. The lowest BCUT2D eigenvalue weighted by Crippen LogP contribution is -2.30. The first-order valence-corrected chi connectivity index (χ1v) is 7.98. The normalized spacial score (nSPS) is 11.8. The second-order valence-corrected chi connectivity index (χ2v) is 5.84. The van der Waals surface area contributed by atoms with Gasteiger partial charge < -0.3 is 10.1 Å². The van der Waals surface area contributed by atoms with Crippen LogP contribution in [0.25, 0.3) is 5.69 Å². The molecule has 0 saturated heterocycles. The number of anilines is 1. The Labute approximate surface area is 149 Å². The third-order valence-corrected chi connectivity index (χ3v) is 3.91. The Balaban J connectivity index is 1.72. The number of hydrogen-bond acceptors (Lipinski definition) is 5. The maximum atomic E-state index is 12.4. The van der Waals surface area contributed by atoms with Crippen molar-refractivity contribution in [3.63, 3.8) is 0 Å². The number of amides is 1. The predicted octanol–water partition coefficient (Wildman–Crippen LogP) is 3.03. The maximum Gasteiger partial charge on any atom is 0.265 e. The largest absolute Gasteiger partial charge is 0.481 e. The van der Waals surface area contributed by atoms with Crippen LogP contribution in [0.5, 0.6) is 5.75 Å². The Bertz CT molecular complexity index is 865. The highest BCUT2D eigenvalue weighted by Crippen LogP contribution is 2.22. The zero-order valence-electron chi connectivity index (χ0n) is 13.7. The van der Waals surface area contributed by atoms with E-state index in [-0.39, 0.29) is 5.91 Å². The highest BCUT2D eigenvalue weighted by atomic mass is 35.5. The van der Waals surface area contributed by atoms with Crippen molar-refractivity contribution in [2.45, 2.75) is 20.0 Å². The van der Waals surface area contributed by atoms with Gasteiger partial charge in [0.1, 0.15) is 12.1 Å². The molecule has 8 heteroatoms. The summed E-state index contributed by atoms with van der Waals surface area (Å²) >= 11 is 5.84. The van der Waals surface area contributed by atoms with E-state index in [0.717, 1.165) is 11.3 Å². The Morgan fingerprint density at radius 2 is 2.00 bits per heavy atom. The quantitative estimate of drug-likeness (QED) is 0.759. The van der Waals surface area contributed by atoms with Crippen LogP contribution in [0.3, 0.4) is 0 Å². The molecule has 128 valence electrons. The van der Waals surface area contributed by atoms with E-state index in [1.807, 2.05) is 25.1 Å². The molecule has 25 heavy (non-hydrogen) atoms. The topological polar surface area (TPSA) is 81.9 Å². The van der Waals surface area contributed by atoms with E-state index in [1.54, 1.807) is 35.9 Å². The third kappa shape index (κ3) is 3.95. The number of hydrogen-bond donors (Lipinski definition) is 1. The van der Waals surface area contributed by atoms with E-state index in [9.17, 15) is 4.79 Å². The lowest BCUT2D eigenvalue weighted by molar-refractivity contribution is -0.122. The summed E-state index contributed by atoms with van der Waals surface area (Å²) in [7, 11) is 0. The number of benzene rings is 2. The molecule has 1 aromatic heterocycles. The molecule has 1 heterocycles. The van der Waals surface area contributed by atoms with Crippen LogP contribution in [0.2, 0.25) is 5.02 Å². The van der Waals surface area contributed by atoms with Crippen LogP contribution in [-0.4, -0.2) is 32.2 Å². The standard InChI is InChI=1S/C17H16ClN5O2/c1-11-15(4-3-5-16(11)23-10-19-21-22-23)20-17(24)12(2)25-14-8-6-13(18)7-9-14/h3-10,12H,1-2H3,(H,20,24). The summed E-state index contributed by atoms with van der Waals surface area (Å²) in [6.07, 6.45) is 0.831. The first-order chi connectivity index (χ1) is 12.0. The van der Waals surface area contributed by atoms with Crippen molar-refractivity contribution in [1.82, 2.24) is 20.2 Å². The Kier molecular flexibility index (Phi) is 4.95. The van der Waals surface area contributed by atoms with Gasteiger partial charge in [-0.2, -0.15) is 0 Å². The molecule has 2 aromatic carbocycles. The molecule has 0 aliphatic heterocycles. The SMILES string of the molecule is Cc1c(NC(=O)C(C)Oc2ccc(Cl)cc2)cccc1-n1cnnn1. The number of carbonyl (C=O) groups is 1. The van der Waals surface area contributed by atoms with E-state index < -0.39 is 6.10 Å². The van der Waals surface area contributed by atoms with Crippen molar-refractivity contribution in [3.8, 4) is 11.4 Å². The average molecular weight is 358 g/mol. The van der Waals surface area contributed by atoms with E-state index in [1.165, 1.54) is 6.33 Å². The highest BCUT2D eigenvalue weighted by molar-refractivity contribution is 6.30. The minimum Gasteiger partial charge on any atom is -0.481 e. The summed E-state index contributed by atoms with van der Waals surface area (Å²) in [6, 6.07) is 12.4. The van der Waals surface area contributed by atoms with Crippen LogP contribution in [0.4, 0.5) is 5.69 Å². The summed E-state index contributed by atoms with van der Waals surface area (Å²) < 4.78 is 7.18. The first-order valence-electron chi connectivity index (χ1n) is 7.60. The Morgan fingerprint density at radius 1 is 1.24 bits per heavy atom. The molecular weight excluding hydrogens is 342 g/mol. The van der Waals surface area contributed by atoms with Crippen LogP contribution in [0.15, 0.2) is 48.8 Å². The van der Waals surface area contributed by atoms with Crippen molar-refractivity contribution in [3.05, 3.63) is 59.4 Å². The number of halogens is 1. The third-order valence-electron chi connectivity index (χ3n) is 3.65. The summed E-state index contributed by atoms with van der Waals surface area (Å²) in [5.74, 6) is 0.318. The number of nitrogens with one attached hydrogen (secondary N) is 1. The molecule has 0 aliphatic carbocycles. The molecule has 0 saturated carbocycles. The van der Waals surface area contributed by atoms with Crippen LogP contribution >= 0.6 is 11.6 Å². The predicted molar refractivity (Wildman–Crippen MR) is 94.1 cm³/mol. The van der Waals surface area contributed by atoms with Gasteiger partial charge in [0.05, 0.1) is 5.69 Å². The van der Waals surface area contributed by atoms with Gasteiger partial charge in [0.15, 0.2) is 6.10 Å². The highest BCUT2D eigenvalue weighted by Gasteiger charge is 2.17. The van der Waals surface area contributed by atoms with E-state index in [2.05, 4.69) is 20.8 Å². The number of carbonyl (C=O) groups excluding carboxylic acids is 1. The molecule has 1 atom stereocenters. The van der Waals surface area contributed by atoms with E-state index >= 15 is 0 Å². The minimum atomic E-state index is -0.669. The van der Waals surface area contributed by atoms with Gasteiger partial charge in [-0.1, -0.05) is 17.7 Å². The molecule has 0 radical (unpaired) electrons. The molecule has 3 aromatic rings. The van der Waals surface area contributed by atoms with Crippen LogP contribution in [0.1, 0.15) is 12.5 Å². The van der Waals surface area contributed by atoms with Crippen LogP contribution in [0, 0.1) is 6.92 Å². The maximum absolute atomic E-state index is 12.4. The van der Waals surface area contributed by atoms with Gasteiger partial charge in [-0.05, 0) is 66.2 Å². The molecule has 1 N–H and O–H groups in total. The van der Waals surface area contributed by atoms with E-state index in [4.69, 9.17) is 16.3 Å². The van der Waals surface area contributed by atoms with Gasteiger partial charge >= 0.3 is 0 Å².